The van der Waals surface area contributed by atoms with Crippen LogP contribution in [0.2, 0.25) is 0 Å². The fourth-order valence-electron chi connectivity index (χ4n) is 3.57. The molecule has 0 spiro atoms. The summed E-state index contributed by atoms with van der Waals surface area (Å²) in [4.78, 5) is 4.97. The van der Waals surface area contributed by atoms with Gasteiger partial charge in [0.2, 0.25) is 0 Å². The van der Waals surface area contributed by atoms with Gasteiger partial charge in [-0.05, 0) is 25.0 Å². The molecule has 2 nitrogen and oxygen atoms in total. The van der Waals surface area contributed by atoms with Gasteiger partial charge in [-0.15, -0.1) is 0 Å². The molecule has 0 unspecified atom stereocenters. The van der Waals surface area contributed by atoms with Crippen molar-refractivity contribution in [3.05, 3.63) is 29.6 Å². The Hall–Kier alpha value is -0.610. The van der Waals surface area contributed by atoms with Crippen LogP contribution in [0, 0.1) is 5.82 Å². The van der Waals surface area contributed by atoms with Crippen LogP contribution in [-0.4, -0.2) is 37.1 Å². The summed E-state index contributed by atoms with van der Waals surface area (Å²) in [5.41, 5.74) is 1.86. The van der Waals surface area contributed by atoms with Crippen LogP contribution >= 0.6 is 15.9 Å². The minimum atomic E-state index is -0.0994. The maximum absolute atomic E-state index is 13.9. The van der Waals surface area contributed by atoms with Crippen LogP contribution < -0.4 is 4.90 Å². The summed E-state index contributed by atoms with van der Waals surface area (Å²) in [5.74, 6) is -0.0994. The van der Waals surface area contributed by atoms with E-state index in [9.17, 15) is 4.39 Å². The van der Waals surface area contributed by atoms with Gasteiger partial charge in [0.25, 0.3) is 0 Å². The zero-order chi connectivity index (χ0) is 13.9. The Bertz CT molecular complexity index is 452. The summed E-state index contributed by atoms with van der Waals surface area (Å²) in [5, 5.41) is 0.581. The van der Waals surface area contributed by atoms with Gasteiger partial charge in [0.1, 0.15) is 5.82 Å². The topological polar surface area (TPSA) is 6.48 Å². The summed E-state index contributed by atoms with van der Waals surface area (Å²) in [6.07, 6.45) is 5.52. The molecule has 0 amide bonds. The standard InChI is InChI=1S/C16H22BrFN2/c17-12-14-15(18)6-3-7-16(14)20-10-8-19(9-11-20)13-4-1-2-5-13/h3,6-7,13H,1-2,4-5,8-12H2. The third-order valence-corrected chi connectivity index (χ3v) is 5.28. The highest BCUT2D eigenvalue weighted by Gasteiger charge is 2.27. The van der Waals surface area contributed by atoms with E-state index in [1.165, 1.54) is 25.7 Å². The monoisotopic (exact) mass is 340 g/mol. The molecule has 1 aromatic rings. The molecule has 4 heteroatoms. The van der Waals surface area contributed by atoms with Crippen molar-refractivity contribution in [1.29, 1.82) is 0 Å². The largest absolute Gasteiger partial charge is 0.369 e. The van der Waals surface area contributed by atoms with E-state index in [1.54, 1.807) is 6.07 Å². The minimum absolute atomic E-state index is 0.0994. The molecule has 0 radical (unpaired) electrons. The van der Waals surface area contributed by atoms with E-state index in [0.29, 0.717) is 5.33 Å². The molecular formula is C16H22BrFN2. The van der Waals surface area contributed by atoms with Crippen LogP contribution in [0.4, 0.5) is 10.1 Å². The van der Waals surface area contributed by atoms with Crippen molar-refractivity contribution < 1.29 is 4.39 Å². The summed E-state index contributed by atoms with van der Waals surface area (Å²) >= 11 is 3.41. The zero-order valence-corrected chi connectivity index (χ0v) is 13.4. The molecule has 2 fully saturated rings. The Morgan fingerprint density at radius 3 is 2.45 bits per heavy atom. The van der Waals surface area contributed by atoms with Crippen molar-refractivity contribution in [3.8, 4) is 0 Å². The van der Waals surface area contributed by atoms with Crippen molar-refractivity contribution in [1.82, 2.24) is 4.90 Å². The summed E-state index contributed by atoms with van der Waals surface area (Å²) in [6, 6.07) is 6.22. The predicted molar refractivity (Wildman–Crippen MR) is 85.1 cm³/mol. The van der Waals surface area contributed by atoms with Crippen LogP contribution in [0.1, 0.15) is 31.2 Å². The number of nitrogens with zero attached hydrogens (tertiary/aromatic N) is 2. The Kier molecular flexibility index (Phi) is 4.61. The van der Waals surface area contributed by atoms with Gasteiger partial charge >= 0.3 is 0 Å². The Balaban J connectivity index is 1.67. The molecule has 110 valence electrons. The second kappa shape index (κ2) is 6.44. The van der Waals surface area contributed by atoms with Crippen LogP contribution in [0.5, 0.6) is 0 Å². The van der Waals surface area contributed by atoms with Gasteiger partial charge in [-0.1, -0.05) is 34.8 Å². The van der Waals surface area contributed by atoms with Crippen molar-refractivity contribution in [2.75, 3.05) is 31.1 Å². The summed E-state index contributed by atoms with van der Waals surface area (Å²) < 4.78 is 13.9. The number of piperazine rings is 1. The first-order valence-electron chi connectivity index (χ1n) is 7.62. The molecule has 1 aliphatic heterocycles. The zero-order valence-electron chi connectivity index (χ0n) is 11.8. The minimum Gasteiger partial charge on any atom is -0.369 e. The highest BCUT2D eigenvalue weighted by Crippen LogP contribution is 2.29. The number of hydrogen-bond acceptors (Lipinski definition) is 2. The average molecular weight is 341 g/mol. The van der Waals surface area contributed by atoms with Gasteiger partial charge in [-0.25, -0.2) is 4.39 Å². The van der Waals surface area contributed by atoms with Crippen molar-refractivity contribution in [2.45, 2.75) is 37.1 Å². The van der Waals surface area contributed by atoms with Gasteiger partial charge in [0, 0.05) is 48.8 Å². The number of halogens is 2. The average Bonchev–Trinajstić information content (AvgIpc) is 3.01. The molecule has 0 aromatic heterocycles. The van der Waals surface area contributed by atoms with Crippen LogP contribution in [-0.2, 0) is 5.33 Å². The molecule has 1 saturated carbocycles. The number of rotatable bonds is 3. The fraction of sp³-hybridized carbons (Fsp3) is 0.625. The lowest BCUT2D eigenvalue weighted by molar-refractivity contribution is 0.187. The SMILES string of the molecule is Fc1cccc(N2CCN(C3CCCC3)CC2)c1CBr. The molecule has 0 atom stereocenters. The maximum atomic E-state index is 13.9. The lowest BCUT2D eigenvalue weighted by Crippen LogP contribution is -2.50. The number of alkyl halides is 1. The smallest absolute Gasteiger partial charge is 0.129 e. The summed E-state index contributed by atoms with van der Waals surface area (Å²) in [6.45, 7) is 4.26. The highest BCUT2D eigenvalue weighted by atomic mass is 79.9. The van der Waals surface area contributed by atoms with E-state index in [4.69, 9.17) is 0 Å². The predicted octanol–water partition coefficient (Wildman–Crippen LogP) is 3.79. The lowest BCUT2D eigenvalue weighted by Gasteiger charge is -2.39. The summed E-state index contributed by atoms with van der Waals surface area (Å²) in [7, 11) is 0. The van der Waals surface area contributed by atoms with E-state index < -0.39 is 0 Å². The molecule has 20 heavy (non-hydrogen) atoms. The third-order valence-electron chi connectivity index (χ3n) is 4.72. The molecule has 0 bridgehead atoms. The second-order valence-electron chi connectivity index (χ2n) is 5.83. The second-order valence-corrected chi connectivity index (χ2v) is 6.39. The highest BCUT2D eigenvalue weighted by molar-refractivity contribution is 9.08. The molecule has 1 aromatic carbocycles. The van der Waals surface area contributed by atoms with Crippen LogP contribution in [0.25, 0.3) is 0 Å². The van der Waals surface area contributed by atoms with E-state index in [0.717, 1.165) is 43.5 Å². The Morgan fingerprint density at radius 1 is 1.10 bits per heavy atom. The lowest BCUT2D eigenvalue weighted by atomic mass is 10.1. The van der Waals surface area contributed by atoms with E-state index in [1.807, 2.05) is 12.1 Å². The van der Waals surface area contributed by atoms with Crippen molar-refractivity contribution in [2.24, 2.45) is 0 Å². The van der Waals surface area contributed by atoms with Gasteiger partial charge < -0.3 is 4.90 Å². The number of anilines is 1. The molecular weight excluding hydrogens is 319 g/mol. The molecule has 1 heterocycles. The molecule has 1 saturated heterocycles. The van der Waals surface area contributed by atoms with Crippen LogP contribution in [0.15, 0.2) is 18.2 Å². The maximum Gasteiger partial charge on any atom is 0.129 e. The van der Waals surface area contributed by atoms with E-state index in [2.05, 4.69) is 25.7 Å². The first-order chi connectivity index (χ1) is 9.79. The van der Waals surface area contributed by atoms with Crippen molar-refractivity contribution >= 4 is 21.6 Å². The molecule has 3 rings (SSSR count). The first kappa shape index (κ1) is 14.3. The van der Waals surface area contributed by atoms with Gasteiger partial charge in [-0.2, -0.15) is 0 Å². The number of hydrogen-bond donors (Lipinski definition) is 0. The van der Waals surface area contributed by atoms with Gasteiger partial charge in [0.15, 0.2) is 0 Å². The first-order valence-corrected chi connectivity index (χ1v) is 8.74. The normalized spacial score (nSPS) is 21.6. The quantitative estimate of drug-likeness (QED) is 0.772. The van der Waals surface area contributed by atoms with E-state index >= 15 is 0 Å². The van der Waals surface area contributed by atoms with Gasteiger partial charge in [-0.3, -0.25) is 4.90 Å². The Labute approximate surface area is 129 Å². The van der Waals surface area contributed by atoms with E-state index in [-0.39, 0.29) is 5.82 Å². The number of benzene rings is 1. The third kappa shape index (κ3) is 2.86. The van der Waals surface area contributed by atoms with Gasteiger partial charge in [0.05, 0.1) is 0 Å². The Morgan fingerprint density at radius 2 is 1.80 bits per heavy atom. The molecule has 2 aliphatic rings. The molecule has 1 aliphatic carbocycles. The van der Waals surface area contributed by atoms with Crippen molar-refractivity contribution in [3.63, 3.8) is 0 Å². The van der Waals surface area contributed by atoms with Crippen LogP contribution in [0.3, 0.4) is 0 Å². The molecule has 0 N–H and O–H groups in total. The fourth-order valence-corrected chi connectivity index (χ4v) is 4.13.